The lowest BCUT2D eigenvalue weighted by Gasteiger charge is -2.29. The van der Waals surface area contributed by atoms with Crippen LogP contribution in [0.15, 0.2) is 200 Å². The molecule has 0 amide bonds. The molecule has 0 saturated heterocycles. The maximum atomic E-state index is 2.43. The molecule has 0 bridgehead atoms. The largest absolute Gasteiger partial charge is 0.310 e. The van der Waals surface area contributed by atoms with Crippen molar-refractivity contribution in [2.45, 2.75) is 6.92 Å². The first kappa shape index (κ1) is 30.4. The van der Waals surface area contributed by atoms with Crippen molar-refractivity contribution in [3.8, 4) is 39.1 Å². The second kappa shape index (κ2) is 13.0. The highest BCUT2D eigenvalue weighted by molar-refractivity contribution is 6.10. The van der Waals surface area contributed by atoms with Gasteiger partial charge in [-0.25, -0.2) is 0 Å². The maximum Gasteiger partial charge on any atom is 0.0541 e. The van der Waals surface area contributed by atoms with Crippen LogP contribution < -0.4 is 4.90 Å². The fraction of sp³-hybridized carbons (Fsp3) is 0.0204. The van der Waals surface area contributed by atoms with Crippen molar-refractivity contribution in [3.63, 3.8) is 0 Å². The summed E-state index contributed by atoms with van der Waals surface area (Å²) in [7, 11) is 0. The minimum atomic E-state index is 1.10. The number of rotatable bonds is 7. The first-order valence-electron chi connectivity index (χ1n) is 17.5. The highest BCUT2D eigenvalue weighted by atomic mass is 15.1. The van der Waals surface area contributed by atoms with Gasteiger partial charge in [0.25, 0.3) is 0 Å². The summed E-state index contributed by atoms with van der Waals surface area (Å²) >= 11 is 0. The second-order valence-corrected chi connectivity index (χ2v) is 13.1. The van der Waals surface area contributed by atoms with E-state index in [1.165, 1.54) is 55.2 Å². The minimum Gasteiger partial charge on any atom is -0.310 e. The number of benzene rings is 8. The quantitative estimate of drug-likeness (QED) is 0.166. The van der Waals surface area contributed by atoms with E-state index in [1.807, 2.05) is 0 Å². The first-order valence-corrected chi connectivity index (χ1v) is 17.5. The molecule has 0 aliphatic carbocycles. The van der Waals surface area contributed by atoms with E-state index in [-0.39, 0.29) is 0 Å². The van der Waals surface area contributed by atoms with Crippen LogP contribution in [-0.4, -0.2) is 4.57 Å². The SMILES string of the molecule is Cc1ccc2c(c1)c1ccccc1n2-c1ccccc1-c1ccccc1N(c1ccc(-c2ccccc2)cc1)c1ccc(-c2ccccc2)cc1. The van der Waals surface area contributed by atoms with Crippen molar-refractivity contribution in [1.82, 2.24) is 4.57 Å². The average molecular weight is 653 g/mol. The van der Waals surface area contributed by atoms with Gasteiger partial charge in [-0.1, -0.05) is 151 Å². The van der Waals surface area contributed by atoms with Crippen LogP contribution in [0.25, 0.3) is 60.9 Å². The van der Waals surface area contributed by atoms with Crippen LogP contribution in [0.2, 0.25) is 0 Å². The average Bonchev–Trinajstić information content (AvgIpc) is 3.53. The summed E-state index contributed by atoms with van der Waals surface area (Å²) in [6.07, 6.45) is 0. The molecular weight excluding hydrogens is 617 g/mol. The molecule has 0 radical (unpaired) electrons. The lowest BCUT2D eigenvalue weighted by Crippen LogP contribution is -2.11. The van der Waals surface area contributed by atoms with E-state index < -0.39 is 0 Å². The molecule has 0 saturated carbocycles. The number of para-hydroxylation sites is 3. The van der Waals surface area contributed by atoms with Crippen molar-refractivity contribution in [2.24, 2.45) is 0 Å². The van der Waals surface area contributed by atoms with Gasteiger partial charge in [0.15, 0.2) is 0 Å². The molecule has 0 fully saturated rings. The Hall–Kier alpha value is -6.64. The lowest BCUT2D eigenvalue weighted by atomic mass is 9.98. The molecular formula is C49H36N2. The number of hydrogen-bond acceptors (Lipinski definition) is 1. The zero-order chi connectivity index (χ0) is 34.1. The Bertz CT molecular complexity index is 2530. The van der Waals surface area contributed by atoms with E-state index in [4.69, 9.17) is 0 Å². The highest BCUT2D eigenvalue weighted by Gasteiger charge is 2.21. The van der Waals surface area contributed by atoms with Crippen molar-refractivity contribution in [3.05, 3.63) is 206 Å². The summed E-state index contributed by atoms with van der Waals surface area (Å²) in [4.78, 5) is 2.39. The third-order valence-electron chi connectivity index (χ3n) is 9.87. The smallest absolute Gasteiger partial charge is 0.0541 e. The Morgan fingerprint density at radius 1 is 0.373 bits per heavy atom. The van der Waals surface area contributed by atoms with Crippen molar-refractivity contribution < 1.29 is 0 Å². The Morgan fingerprint density at radius 3 is 1.51 bits per heavy atom. The van der Waals surface area contributed by atoms with Gasteiger partial charge in [-0.3, -0.25) is 0 Å². The van der Waals surface area contributed by atoms with Gasteiger partial charge < -0.3 is 9.47 Å². The van der Waals surface area contributed by atoms with Crippen LogP contribution in [0.4, 0.5) is 17.1 Å². The third-order valence-corrected chi connectivity index (χ3v) is 9.87. The molecule has 0 atom stereocenters. The fourth-order valence-electron chi connectivity index (χ4n) is 7.43. The predicted molar refractivity (Wildman–Crippen MR) is 217 cm³/mol. The van der Waals surface area contributed by atoms with E-state index in [2.05, 4.69) is 217 Å². The molecule has 1 aromatic heterocycles. The predicted octanol–water partition coefficient (Wildman–Crippen LogP) is 13.6. The van der Waals surface area contributed by atoms with Gasteiger partial charge in [0.2, 0.25) is 0 Å². The number of nitrogens with zero attached hydrogens (tertiary/aromatic N) is 2. The van der Waals surface area contributed by atoms with Gasteiger partial charge >= 0.3 is 0 Å². The van der Waals surface area contributed by atoms with E-state index >= 15 is 0 Å². The fourth-order valence-corrected chi connectivity index (χ4v) is 7.43. The molecule has 242 valence electrons. The lowest BCUT2D eigenvalue weighted by molar-refractivity contribution is 1.18. The Kier molecular flexibility index (Phi) is 7.75. The number of aromatic nitrogens is 1. The van der Waals surface area contributed by atoms with Crippen LogP contribution >= 0.6 is 0 Å². The monoisotopic (exact) mass is 652 g/mol. The summed E-state index contributed by atoms with van der Waals surface area (Å²) in [5.41, 5.74) is 15.3. The zero-order valence-electron chi connectivity index (χ0n) is 28.4. The topological polar surface area (TPSA) is 8.17 Å². The molecule has 51 heavy (non-hydrogen) atoms. The molecule has 0 N–H and O–H groups in total. The molecule has 2 heteroatoms. The standard InChI is InChI=1S/C49H36N2/c1-35-24-33-49-45(34-35)44-20-10-13-23-48(44)51(49)47-22-12-9-19-43(47)42-18-8-11-21-46(42)50(40-29-25-38(26-30-40)36-14-4-2-5-15-36)41-31-27-39(28-32-41)37-16-6-3-7-17-37/h2-34H,1H3. The molecule has 0 aliphatic heterocycles. The number of anilines is 3. The summed E-state index contributed by atoms with van der Waals surface area (Å²) in [5, 5.41) is 2.53. The third kappa shape index (κ3) is 5.57. The highest BCUT2D eigenvalue weighted by Crippen LogP contribution is 2.44. The summed E-state index contributed by atoms with van der Waals surface area (Å²) < 4.78 is 2.43. The molecule has 1 heterocycles. The molecule has 0 aliphatic rings. The van der Waals surface area contributed by atoms with E-state index in [0.717, 1.165) is 28.3 Å². The van der Waals surface area contributed by atoms with E-state index in [1.54, 1.807) is 0 Å². The van der Waals surface area contributed by atoms with Crippen molar-refractivity contribution in [2.75, 3.05) is 4.90 Å². The van der Waals surface area contributed by atoms with Gasteiger partial charge in [-0.15, -0.1) is 0 Å². The van der Waals surface area contributed by atoms with E-state index in [0.29, 0.717) is 0 Å². The van der Waals surface area contributed by atoms with Gasteiger partial charge in [0.05, 0.1) is 22.4 Å². The van der Waals surface area contributed by atoms with Gasteiger partial charge in [0, 0.05) is 33.3 Å². The van der Waals surface area contributed by atoms with Crippen LogP contribution in [0, 0.1) is 6.92 Å². The number of fused-ring (bicyclic) bond motifs is 3. The molecule has 8 aromatic carbocycles. The first-order chi connectivity index (χ1) is 25.2. The molecule has 0 unspecified atom stereocenters. The van der Waals surface area contributed by atoms with Gasteiger partial charge in [-0.2, -0.15) is 0 Å². The van der Waals surface area contributed by atoms with E-state index in [9.17, 15) is 0 Å². The van der Waals surface area contributed by atoms with Crippen LogP contribution in [0.1, 0.15) is 5.56 Å². The van der Waals surface area contributed by atoms with Crippen LogP contribution in [0.5, 0.6) is 0 Å². The van der Waals surface area contributed by atoms with Crippen molar-refractivity contribution >= 4 is 38.9 Å². The Labute approximate surface area is 299 Å². The maximum absolute atomic E-state index is 2.43. The molecule has 9 rings (SSSR count). The van der Waals surface area contributed by atoms with Gasteiger partial charge in [0.1, 0.15) is 0 Å². The summed E-state index contributed by atoms with van der Waals surface area (Å²) in [6.45, 7) is 2.17. The Balaban J connectivity index is 1.24. The summed E-state index contributed by atoms with van der Waals surface area (Å²) in [6, 6.07) is 72.2. The van der Waals surface area contributed by atoms with Crippen LogP contribution in [0.3, 0.4) is 0 Å². The van der Waals surface area contributed by atoms with Gasteiger partial charge in [-0.05, 0) is 83.8 Å². The second-order valence-electron chi connectivity index (χ2n) is 13.1. The Morgan fingerprint density at radius 2 is 0.863 bits per heavy atom. The van der Waals surface area contributed by atoms with Crippen LogP contribution in [-0.2, 0) is 0 Å². The molecule has 2 nitrogen and oxygen atoms in total. The number of aryl methyl sites for hydroxylation is 1. The number of hydrogen-bond donors (Lipinski definition) is 0. The zero-order valence-corrected chi connectivity index (χ0v) is 28.4. The normalized spacial score (nSPS) is 11.2. The minimum absolute atomic E-state index is 1.10. The molecule has 0 spiro atoms. The molecule has 9 aromatic rings. The van der Waals surface area contributed by atoms with Crippen molar-refractivity contribution in [1.29, 1.82) is 0 Å². The summed E-state index contributed by atoms with van der Waals surface area (Å²) in [5.74, 6) is 0.